The number of hydrogen-bond donors (Lipinski definition) is 2. The summed E-state index contributed by atoms with van der Waals surface area (Å²) >= 11 is 5.38. The number of halogens is 2. The topological polar surface area (TPSA) is 62.2 Å². The van der Waals surface area contributed by atoms with Crippen LogP contribution in [0.1, 0.15) is 22.3 Å². The number of nitrogens with one attached hydrogen (secondary N) is 1. The van der Waals surface area contributed by atoms with Crippen molar-refractivity contribution in [1.82, 2.24) is 4.98 Å². The van der Waals surface area contributed by atoms with E-state index in [1.165, 1.54) is 17.7 Å². The van der Waals surface area contributed by atoms with E-state index in [1.807, 2.05) is 36.2 Å². The van der Waals surface area contributed by atoms with Crippen LogP contribution in [-0.4, -0.2) is 27.6 Å². The molecule has 0 bridgehead atoms. The molecule has 0 spiro atoms. The average Bonchev–Trinajstić information content (AvgIpc) is 2.70. The summed E-state index contributed by atoms with van der Waals surface area (Å²) in [4.78, 5) is 16.2. The summed E-state index contributed by atoms with van der Waals surface area (Å²) in [6.07, 6.45) is 4.92. The maximum absolute atomic E-state index is 13.6. The molecule has 3 aromatic rings. The van der Waals surface area contributed by atoms with Gasteiger partial charge in [0.25, 0.3) is 0 Å². The third kappa shape index (κ3) is 3.77. The molecule has 0 radical (unpaired) electrons. The highest BCUT2D eigenvalue weighted by molar-refractivity contribution is 9.10. The van der Waals surface area contributed by atoms with E-state index in [-0.39, 0.29) is 5.56 Å². The first-order chi connectivity index (χ1) is 13.5. The maximum Gasteiger partial charge on any atom is 0.337 e. The molecule has 1 aliphatic rings. The third-order valence-corrected chi connectivity index (χ3v) is 6.00. The lowest BCUT2D eigenvalue weighted by atomic mass is 9.99. The molecule has 0 saturated carbocycles. The van der Waals surface area contributed by atoms with Crippen molar-refractivity contribution in [1.29, 1.82) is 0 Å². The number of rotatable bonds is 4. The lowest BCUT2D eigenvalue weighted by Gasteiger charge is -2.20. The summed E-state index contributed by atoms with van der Waals surface area (Å²) in [5, 5.41) is 13.6. The van der Waals surface area contributed by atoms with Crippen LogP contribution in [-0.2, 0) is 0 Å². The minimum Gasteiger partial charge on any atom is -0.478 e. The number of thioether (sulfide) groups is 1. The minimum atomic E-state index is -1.18. The second-order valence-corrected chi connectivity index (χ2v) is 8.45. The second-order valence-electron chi connectivity index (χ2n) is 6.38. The van der Waals surface area contributed by atoms with E-state index in [2.05, 4.69) is 32.3 Å². The predicted molar refractivity (Wildman–Crippen MR) is 116 cm³/mol. The second kappa shape index (κ2) is 7.93. The molecule has 7 heteroatoms. The Balaban J connectivity index is 1.92. The van der Waals surface area contributed by atoms with Gasteiger partial charge < -0.3 is 10.4 Å². The van der Waals surface area contributed by atoms with Gasteiger partial charge in [-0.25, -0.2) is 9.18 Å². The fourth-order valence-corrected chi connectivity index (χ4v) is 4.46. The van der Waals surface area contributed by atoms with E-state index in [4.69, 9.17) is 0 Å². The highest BCUT2D eigenvalue weighted by Crippen LogP contribution is 2.38. The summed E-state index contributed by atoms with van der Waals surface area (Å²) < 4.78 is 14.5. The molecule has 0 fully saturated rings. The van der Waals surface area contributed by atoms with Gasteiger partial charge in [-0.3, -0.25) is 4.98 Å². The summed E-state index contributed by atoms with van der Waals surface area (Å²) in [5.41, 5.74) is 3.91. The van der Waals surface area contributed by atoms with E-state index in [0.29, 0.717) is 5.69 Å². The van der Waals surface area contributed by atoms with Gasteiger partial charge in [-0.2, -0.15) is 11.8 Å². The standard InChI is InChI=1S/C21H16BrFN2O2S/c22-13-1-3-18-15(9-13)20(17(11-24-18)12-5-7-28-8-6-12)25-19-4-2-14(23)10-16(19)21(26)27/h1-5,9-11H,6-8H2,(H,24,25)(H,26,27). The lowest BCUT2D eigenvalue weighted by molar-refractivity contribution is 0.0697. The third-order valence-electron chi connectivity index (χ3n) is 4.61. The molecule has 4 rings (SSSR count). The summed E-state index contributed by atoms with van der Waals surface area (Å²) in [6, 6.07) is 9.51. The van der Waals surface area contributed by atoms with Crippen molar-refractivity contribution in [2.75, 3.05) is 16.8 Å². The van der Waals surface area contributed by atoms with Gasteiger partial charge in [0.2, 0.25) is 0 Å². The Morgan fingerprint density at radius 1 is 1.25 bits per heavy atom. The largest absolute Gasteiger partial charge is 0.478 e. The number of pyridine rings is 1. The summed E-state index contributed by atoms with van der Waals surface area (Å²) in [7, 11) is 0. The highest BCUT2D eigenvalue weighted by Gasteiger charge is 2.18. The summed E-state index contributed by atoms with van der Waals surface area (Å²) in [6.45, 7) is 0. The van der Waals surface area contributed by atoms with Gasteiger partial charge in [0.05, 0.1) is 22.5 Å². The molecular formula is C21H16BrFN2O2S. The van der Waals surface area contributed by atoms with Crippen molar-refractivity contribution in [2.45, 2.75) is 6.42 Å². The van der Waals surface area contributed by atoms with Gasteiger partial charge in [-0.15, -0.1) is 0 Å². The Bertz CT molecular complexity index is 1120. The zero-order chi connectivity index (χ0) is 19.7. The zero-order valence-electron chi connectivity index (χ0n) is 14.7. The molecule has 2 heterocycles. The van der Waals surface area contributed by atoms with E-state index >= 15 is 0 Å². The van der Waals surface area contributed by atoms with Crippen LogP contribution in [0.15, 0.2) is 53.1 Å². The molecule has 28 heavy (non-hydrogen) atoms. The molecule has 0 unspecified atom stereocenters. The van der Waals surface area contributed by atoms with Crippen LogP contribution in [0.4, 0.5) is 15.8 Å². The Morgan fingerprint density at radius 3 is 2.86 bits per heavy atom. The van der Waals surface area contributed by atoms with Gasteiger partial charge in [0, 0.05) is 27.4 Å². The Labute approximate surface area is 174 Å². The molecule has 0 amide bonds. The van der Waals surface area contributed by atoms with Gasteiger partial charge in [0.1, 0.15) is 5.82 Å². The Hall–Kier alpha value is -2.38. The number of benzene rings is 2. The van der Waals surface area contributed by atoms with E-state index in [1.54, 1.807) is 0 Å². The molecule has 0 aliphatic carbocycles. The molecule has 4 nitrogen and oxygen atoms in total. The number of aromatic carboxylic acids is 1. The normalized spacial score (nSPS) is 14.0. The molecule has 0 saturated heterocycles. The van der Waals surface area contributed by atoms with Crippen molar-refractivity contribution >= 4 is 61.5 Å². The molecule has 2 aromatic carbocycles. The fourth-order valence-electron chi connectivity index (χ4n) is 3.25. The molecule has 1 aliphatic heterocycles. The van der Waals surface area contributed by atoms with Crippen molar-refractivity contribution in [2.24, 2.45) is 0 Å². The Kier molecular flexibility index (Phi) is 5.37. The molecule has 1 aromatic heterocycles. The smallest absolute Gasteiger partial charge is 0.337 e. The van der Waals surface area contributed by atoms with Crippen molar-refractivity contribution < 1.29 is 14.3 Å². The van der Waals surface area contributed by atoms with Gasteiger partial charge in [0.15, 0.2) is 0 Å². The lowest BCUT2D eigenvalue weighted by Crippen LogP contribution is -2.06. The van der Waals surface area contributed by atoms with Crippen LogP contribution in [0.25, 0.3) is 16.5 Å². The number of carboxylic acids is 1. The predicted octanol–water partition coefficient (Wildman–Crippen LogP) is 6.10. The van der Waals surface area contributed by atoms with Crippen molar-refractivity contribution in [3.63, 3.8) is 0 Å². The van der Waals surface area contributed by atoms with Crippen LogP contribution in [0.3, 0.4) is 0 Å². The first-order valence-electron chi connectivity index (χ1n) is 8.68. The van der Waals surface area contributed by atoms with Gasteiger partial charge >= 0.3 is 5.97 Å². The monoisotopic (exact) mass is 458 g/mol. The number of aromatic nitrogens is 1. The van der Waals surface area contributed by atoms with E-state index in [0.717, 1.165) is 50.6 Å². The number of carboxylic acid groups (broad SMARTS) is 1. The Morgan fingerprint density at radius 2 is 2.11 bits per heavy atom. The maximum atomic E-state index is 13.6. The average molecular weight is 459 g/mol. The number of hydrogen-bond acceptors (Lipinski definition) is 4. The fraction of sp³-hybridized carbons (Fsp3) is 0.143. The number of carbonyl (C=O) groups is 1. The van der Waals surface area contributed by atoms with Gasteiger partial charge in [-0.1, -0.05) is 22.0 Å². The summed E-state index contributed by atoms with van der Waals surface area (Å²) in [5.74, 6) is 0.190. The van der Waals surface area contributed by atoms with Crippen LogP contribution in [0.2, 0.25) is 0 Å². The van der Waals surface area contributed by atoms with E-state index in [9.17, 15) is 14.3 Å². The number of allylic oxidation sites excluding steroid dienone is 1. The molecule has 142 valence electrons. The quantitative estimate of drug-likeness (QED) is 0.494. The zero-order valence-corrected chi connectivity index (χ0v) is 17.1. The highest BCUT2D eigenvalue weighted by atomic mass is 79.9. The minimum absolute atomic E-state index is 0.112. The van der Waals surface area contributed by atoms with Crippen molar-refractivity contribution in [3.05, 3.63) is 70.1 Å². The van der Waals surface area contributed by atoms with E-state index < -0.39 is 11.8 Å². The first-order valence-corrected chi connectivity index (χ1v) is 10.6. The number of anilines is 2. The van der Waals surface area contributed by atoms with Crippen LogP contribution in [0, 0.1) is 5.82 Å². The first kappa shape index (κ1) is 19.0. The van der Waals surface area contributed by atoms with Gasteiger partial charge in [-0.05, 0) is 54.1 Å². The SMILES string of the molecule is O=C(O)c1cc(F)ccc1Nc1c(C2=CCSCC2)cnc2ccc(Br)cc12. The van der Waals surface area contributed by atoms with Crippen LogP contribution < -0.4 is 5.32 Å². The molecule has 2 N–H and O–H groups in total. The van der Waals surface area contributed by atoms with Crippen molar-refractivity contribution in [3.8, 4) is 0 Å². The van der Waals surface area contributed by atoms with Crippen LogP contribution in [0.5, 0.6) is 0 Å². The molecular weight excluding hydrogens is 443 g/mol. The van der Waals surface area contributed by atoms with Crippen LogP contribution >= 0.6 is 27.7 Å². The molecule has 0 atom stereocenters. The number of nitrogens with zero attached hydrogens (tertiary/aromatic N) is 1. The number of fused-ring (bicyclic) bond motifs is 1.